The number of hydrazone groups is 1. The van der Waals surface area contributed by atoms with Gasteiger partial charge in [0.05, 0.1) is 18.5 Å². The number of carbonyl (C=O) groups is 1. The van der Waals surface area contributed by atoms with E-state index in [4.69, 9.17) is 0 Å². The fourth-order valence-electron chi connectivity index (χ4n) is 1.56. The van der Waals surface area contributed by atoms with Gasteiger partial charge in [-0.2, -0.15) is 5.10 Å². The van der Waals surface area contributed by atoms with E-state index in [1.807, 2.05) is 60.3 Å². The summed E-state index contributed by atoms with van der Waals surface area (Å²) in [5.74, 6) is -0.186. The van der Waals surface area contributed by atoms with Crippen molar-refractivity contribution in [1.82, 2.24) is 9.99 Å². The number of hydrogen-bond donors (Lipinski definition) is 2. The number of amides is 1. The summed E-state index contributed by atoms with van der Waals surface area (Å²) in [5.41, 5.74) is 4.31. The van der Waals surface area contributed by atoms with Crippen LogP contribution in [0.1, 0.15) is 5.69 Å². The van der Waals surface area contributed by atoms with Crippen molar-refractivity contribution in [2.75, 3.05) is 11.9 Å². The zero-order valence-corrected chi connectivity index (χ0v) is 10.7. The predicted octanol–water partition coefficient (Wildman–Crippen LogP) is 1.59. The van der Waals surface area contributed by atoms with Crippen LogP contribution in [-0.4, -0.2) is 23.2 Å². The molecule has 0 aliphatic carbocycles. The maximum Gasteiger partial charge on any atom is 0.259 e. The maximum absolute atomic E-state index is 11.5. The summed E-state index contributed by atoms with van der Waals surface area (Å²) >= 11 is 0. The molecule has 0 fully saturated rings. The van der Waals surface area contributed by atoms with Gasteiger partial charge in [-0.25, -0.2) is 5.43 Å². The number of benzene rings is 1. The molecular weight excluding hydrogens is 240 g/mol. The van der Waals surface area contributed by atoms with E-state index in [9.17, 15) is 4.79 Å². The van der Waals surface area contributed by atoms with Gasteiger partial charge in [-0.3, -0.25) is 4.79 Å². The molecule has 0 unspecified atom stereocenters. The molecule has 0 aliphatic heterocycles. The van der Waals surface area contributed by atoms with E-state index < -0.39 is 0 Å². The van der Waals surface area contributed by atoms with Crippen LogP contribution in [0.15, 0.2) is 53.8 Å². The molecule has 0 saturated heterocycles. The number of anilines is 1. The lowest BCUT2D eigenvalue weighted by Crippen LogP contribution is -2.25. The highest BCUT2D eigenvalue weighted by Gasteiger charge is 1.98. The summed E-state index contributed by atoms with van der Waals surface area (Å²) in [6.07, 6.45) is 3.53. The first-order valence-electron chi connectivity index (χ1n) is 5.98. The van der Waals surface area contributed by atoms with Gasteiger partial charge in [-0.05, 0) is 24.3 Å². The number of hydrogen-bond acceptors (Lipinski definition) is 3. The molecule has 1 aromatic heterocycles. The van der Waals surface area contributed by atoms with E-state index in [2.05, 4.69) is 15.8 Å². The Labute approximate surface area is 111 Å². The van der Waals surface area contributed by atoms with Gasteiger partial charge in [0.25, 0.3) is 5.91 Å². The molecular formula is C14H16N4O. The van der Waals surface area contributed by atoms with Crippen LogP contribution in [0.5, 0.6) is 0 Å². The Bertz CT molecular complexity index is 560. The highest BCUT2D eigenvalue weighted by molar-refractivity contribution is 5.83. The van der Waals surface area contributed by atoms with Gasteiger partial charge in [-0.15, -0.1) is 0 Å². The molecule has 2 rings (SSSR count). The summed E-state index contributed by atoms with van der Waals surface area (Å²) in [6.45, 7) is 0.189. The van der Waals surface area contributed by atoms with Crippen LogP contribution in [-0.2, 0) is 11.8 Å². The Morgan fingerprint density at radius 3 is 2.74 bits per heavy atom. The summed E-state index contributed by atoms with van der Waals surface area (Å²) in [6, 6.07) is 13.4. The van der Waals surface area contributed by atoms with Crippen molar-refractivity contribution in [3.8, 4) is 0 Å². The average Bonchev–Trinajstić information content (AvgIpc) is 2.83. The second kappa shape index (κ2) is 6.39. The first kappa shape index (κ1) is 12.9. The normalized spacial score (nSPS) is 10.6. The quantitative estimate of drug-likeness (QED) is 0.630. The van der Waals surface area contributed by atoms with Crippen LogP contribution in [0.4, 0.5) is 5.69 Å². The Morgan fingerprint density at radius 1 is 1.26 bits per heavy atom. The van der Waals surface area contributed by atoms with E-state index in [-0.39, 0.29) is 12.5 Å². The van der Waals surface area contributed by atoms with Crippen LogP contribution in [0, 0.1) is 0 Å². The van der Waals surface area contributed by atoms with Gasteiger partial charge in [0.1, 0.15) is 0 Å². The Balaban J connectivity index is 1.76. The van der Waals surface area contributed by atoms with Crippen LogP contribution in [0.3, 0.4) is 0 Å². The number of nitrogens with zero attached hydrogens (tertiary/aromatic N) is 2. The molecule has 19 heavy (non-hydrogen) atoms. The minimum atomic E-state index is -0.186. The smallest absolute Gasteiger partial charge is 0.259 e. The molecule has 2 N–H and O–H groups in total. The van der Waals surface area contributed by atoms with Gasteiger partial charge in [0.15, 0.2) is 0 Å². The predicted molar refractivity (Wildman–Crippen MR) is 76.1 cm³/mol. The van der Waals surface area contributed by atoms with Crippen molar-refractivity contribution in [2.45, 2.75) is 0 Å². The largest absolute Gasteiger partial charge is 0.376 e. The topological polar surface area (TPSA) is 58.4 Å². The van der Waals surface area contributed by atoms with Gasteiger partial charge in [0.2, 0.25) is 0 Å². The molecule has 0 atom stereocenters. The lowest BCUT2D eigenvalue weighted by atomic mass is 10.3. The van der Waals surface area contributed by atoms with E-state index in [0.717, 1.165) is 11.4 Å². The third kappa shape index (κ3) is 3.99. The van der Waals surface area contributed by atoms with Crippen LogP contribution in [0.25, 0.3) is 0 Å². The molecule has 0 aliphatic rings. The summed E-state index contributed by atoms with van der Waals surface area (Å²) < 4.78 is 1.91. The van der Waals surface area contributed by atoms with Gasteiger partial charge >= 0.3 is 0 Å². The van der Waals surface area contributed by atoms with Crippen molar-refractivity contribution in [3.05, 3.63) is 54.4 Å². The fourth-order valence-corrected chi connectivity index (χ4v) is 1.56. The molecule has 98 valence electrons. The Hall–Kier alpha value is -2.56. The lowest BCUT2D eigenvalue weighted by molar-refractivity contribution is -0.119. The molecule has 0 spiro atoms. The maximum atomic E-state index is 11.5. The third-order valence-corrected chi connectivity index (χ3v) is 2.60. The first-order chi connectivity index (χ1) is 9.25. The summed E-state index contributed by atoms with van der Waals surface area (Å²) in [7, 11) is 1.92. The van der Waals surface area contributed by atoms with E-state index in [1.54, 1.807) is 6.21 Å². The Kier molecular flexibility index (Phi) is 4.34. The van der Waals surface area contributed by atoms with Crippen molar-refractivity contribution >= 4 is 17.8 Å². The van der Waals surface area contributed by atoms with Gasteiger partial charge in [-0.1, -0.05) is 18.2 Å². The molecule has 1 amide bonds. The van der Waals surface area contributed by atoms with Crippen molar-refractivity contribution in [2.24, 2.45) is 12.1 Å². The molecule has 0 radical (unpaired) electrons. The molecule has 2 aromatic rings. The minimum Gasteiger partial charge on any atom is -0.376 e. The number of aromatic nitrogens is 1. The van der Waals surface area contributed by atoms with Gasteiger partial charge in [0, 0.05) is 18.9 Å². The zero-order chi connectivity index (χ0) is 13.5. The van der Waals surface area contributed by atoms with Crippen LogP contribution in [0.2, 0.25) is 0 Å². The number of aryl methyl sites for hydroxylation is 1. The lowest BCUT2D eigenvalue weighted by Gasteiger charge is -2.04. The molecule has 1 heterocycles. The SMILES string of the molecule is Cn1cccc1C=NNC(=O)CNc1ccccc1. The van der Waals surface area contributed by atoms with E-state index in [1.165, 1.54) is 0 Å². The number of rotatable bonds is 5. The number of carbonyl (C=O) groups excluding carboxylic acids is 1. The fraction of sp³-hybridized carbons (Fsp3) is 0.143. The summed E-state index contributed by atoms with van der Waals surface area (Å²) in [5, 5.41) is 6.91. The second-order valence-electron chi connectivity index (χ2n) is 4.06. The first-order valence-corrected chi connectivity index (χ1v) is 5.98. The average molecular weight is 256 g/mol. The minimum absolute atomic E-state index is 0.186. The summed E-state index contributed by atoms with van der Waals surface area (Å²) in [4.78, 5) is 11.5. The van der Waals surface area contributed by atoms with Crippen molar-refractivity contribution in [3.63, 3.8) is 0 Å². The monoisotopic (exact) mass is 256 g/mol. The Morgan fingerprint density at radius 2 is 2.05 bits per heavy atom. The highest BCUT2D eigenvalue weighted by Crippen LogP contribution is 2.03. The van der Waals surface area contributed by atoms with Crippen molar-refractivity contribution in [1.29, 1.82) is 0 Å². The van der Waals surface area contributed by atoms with Crippen LogP contribution < -0.4 is 10.7 Å². The van der Waals surface area contributed by atoms with E-state index in [0.29, 0.717) is 0 Å². The highest BCUT2D eigenvalue weighted by atomic mass is 16.2. The zero-order valence-electron chi connectivity index (χ0n) is 10.7. The molecule has 0 bridgehead atoms. The van der Waals surface area contributed by atoms with E-state index >= 15 is 0 Å². The third-order valence-electron chi connectivity index (χ3n) is 2.60. The molecule has 1 aromatic carbocycles. The number of para-hydroxylation sites is 1. The number of nitrogens with one attached hydrogen (secondary N) is 2. The van der Waals surface area contributed by atoms with Gasteiger partial charge < -0.3 is 9.88 Å². The van der Waals surface area contributed by atoms with Crippen molar-refractivity contribution < 1.29 is 4.79 Å². The molecule has 5 heteroatoms. The van der Waals surface area contributed by atoms with Crippen LogP contribution >= 0.6 is 0 Å². The molecule has 5 nitrogen and oxygen atoms in total. The standard InChI is InChI=1S/C14H16N4O/c1-18-9-5-8-13(18)10-16-17-14(19)11-15-12-6-3-2-4-7-12/h2-10,15H,11H2,1H3,(H,17,19). The molecule has 0 saturated carbocycles. The second-order valence-corrected chi connectivity index (χ2v) is 4.06.